The molecule has 21 heavy (non-hydrogen) atoms. The molecule has 1 aliphatic carbocycles. The first-order valence-electron chi connectivity index (χ1n) is 8.63. The number of nitrogens with one attached hydrogen (secondary N) is 1. The minimum atomic E-state index is 0.720. The number of aryl methyl sites for hydroxylation is 1. The summed E-state index contributed by atoms with van der Waals surface area (Å²) < 4.78 is 0. The SMILES string of the molecule is CCCC1CCC(NCC)C(SCc2cccc(C)c2)C1. The smallest absolute Gasteiger partial charge is 0.0207 e. The summed E-state index contributed by atoms with van der Waals surface area (Å²) in [6.45, 7) is 7.85. The molecule has 0 radical (unpaired) electrons. The topological polar surface area (TPSA) is 12.0 Å². The highest BCUT2D eigenvalue weighted by molar-refractivity contribution is 7.99. The van der Waals surface area contributed by atoms with E-state index in [-0.39, 0.29) is 0 Å². The summed E-state index contributed by atoms with van der Waals surface area (Å²) in [6.07, 6.45) is 6.95. The molecule has 0 spiro atoms. The largest absolute Gasteiger partial charge is 0.313 e. The van der Waals surface area contributed by atoms with Crippen LogP contribution in [0, 0.1) is 12.8 Å². The Morgan fingerprint density at radius 3 is 2.81 bits per heavy atom. The predicted octanol–water partition coefficient (Wildman–Crippen LogP) is 5.18. The zero-order valence-corrected chi connectivity index (χ0v) is 14.7. The molecule has 0 heterocycles. The van der Waals surface area contributed by atoms with Gasteiger partial charge in [-0.2, -0.15) is 11.8 Å². The van der Waals surface area contributed by atoms with Crippen molar-refractivity contribution < 1.29 is 0 Å². The molecule has 0 aliphatic heterocycles. The number of hydrogen-bond donors (Lipinski definition) is 1. The standard InChI is InChI=1S/C19H31NS/c1-4-7-16-10-11-18(20-5-2)19(13-16)21-14-17-9-6-8-15(3)12-17/h6,8-9,12,16,18-20H,4-5,7,10-11,13-14H2,1-3H3. The molecule has 1 N–H and O–H groups in total. The Bertz CT molecular complexity index is 418. The molecule has 1 aromatic carbocycles. The second-order valence-corrected chi connectivity index (χ2v) is 7.70. The van der Waals surface area contributed by atoms with Gasteiger partial charge in [-0.05, 0) is 44.2 Å². The van der Waals surface area contributed by atoms with Crippen molar-refractivity contribution in [2.45, 2.75) is 69.9 Å². The molecule has 1 fully saturated rings. The molecule has 1 nitrogen and oxygen atoms in total. The van der Waals surface area contributed by atoms with E-state index in [2.05, 4.69) is 62.1 Å². The van der Waals surface area contributed by atoms with Crippen molar-refractivity contribution >= 4 is 11.8 Å². The van der Waals surface area contributed by atoms with E-state index < -0.39 is 0 Å². The third kappa shape index (κ3) is 5.34. The fourth-order valence-electron chi connectivity index (χ4n) is 3.57. The molecule has 2 rings (SSSR count). The van der Waals surface area contributed by atoms with Crippen molar-refractivity contribution in [2.75, 3.05) is 6.54 Å². The van der Waals surface area contributed by atoms with Crippen molar-refractivity contribution in [2.24, 2.45) is 5.92 Å². The predicted molar refractivity (Wildman–Crippen MR) is 96.0 cm³/mol. The van der Waals surface area contributed by atoms with Crippen molar-refractivity contribution in [3.05, 3.63) is 35.4 Å². The van der Waals surface area contributed by atoms with Crippen LogP contribution in [0.15, 0.2) is 24.3 Å². The van der Waals surface area contributed by atoms with E-state index in [1.807, 2.05) is 0 Å². The van der Waals surface area contributed by atoms with Crippen LogP contribution in [-0.4, -0.2) is 17.8 Å². The summed E-state index contributed by atoms with van der Waals surface area (Å²) >= 11 is 2.17. The highest BCUT2D eigenvalue weighted by Gasteiger charge is 2.29. The zero-order valence-electron chi connectivity index (χ0n) is 13.9. The second kappa shape index (κ2) is 8.85. The Morgan fingerprint density at radius 2 is 2.10 bits per heavy atom. The molecule has 1 aromatic rings. The van der Waals surface area contributed by atoms with Crippen LogP contribution in [-0.2, 0) is 5.75 Å². The molecule has 1 aliphatic rings. The number of hydrogen-bond acceptors (Lipinski definition) is 2. The minimum Gasteiger partial charge on any atom is -0.313 e. The number of thioether (sulfide) groups is 1. The van der Waals surface area contributed by atoms with E-state index in [4.69, 9.17) is 0 Å². The molecule has 0 bridgehead atoms. The van der Waals surface area contributed by atoms with Gasteiger partial charge in [0.1, 0.15) is 0 Å². The van der Waals surface area contributed by atoms with Gasteiger partial charge in [0.25, 0.3) is 0 Å². The average molecular weight is 306 g/mol. The first kappa shape index (κ1) is 16.9. The lowest BCUT2D eigenvalue weighted by Crippen LogP contribution is -2.42. The Labute approximate surface area is 135 Å². The lowest BCUT2D eigenvalue weighted by Gasteiger charge is -2.36. The molecule has 1 saturated carbocycles. The van der Waals surface area contributed by atoms with Crippen LogP contribution in [0.2, 0.25) is 0 Å². The second-order valence-electron chi connectivity index (χ2n) is 6.47. The van der Waals surface area contributed by atoms with Gasteiger partial charge in [-0.1, -0.05) is 56.5 Å². The van der Waals surface area contributed by atoms with Crippen molar-refractivity contribution in [1.82, 2.24) is 5.32 Å². The van der Waals surface area contributed by atoms with Crippen LogP contribution in [0.5, 0.6) is 0 Å². The minimum absolute atomic E-state index is 0.720. The molecule has 0 amide bonds. The third-order valence-electron chi connectivity index (χ3n) is 4.61. The number of rotatable bonds is 7. The van der Waals surface area contributed by atoms with Gasteiger partial charge in [-0.15, -0.1) is 0 Å². The molecule has 2 heteroatoms. The van der Waals surface area contributed by atoms with Gasteiger partial charge in [0.15, 0.2) is 0 Å². The first-order chi connectivity index (χ1) is 10.2. The fourth-order valence-corrected chi connectivity index (χ4v) is 5.03. The summed E-state index contributed by atoms with van der Waals surface area (Å²) in [5.74, 6) is 2.12. The van der Waals surface area contributed by atoms with E-state index in [0.29, 0.717) is 0 Å². The summed E-state index contributed by atoms with van der Waals surface area (Å²) in [5.41, 5.74) is 2.86. The molecule has 3 atom stereocenters. The van der Waals surface area contributed by atoms with Gasteiger partial charge in [0, 0.05) is 17.0 Å². The van der Waals surface area contributed by atoms with Crippen LogP contribution < -0.4 is 5.32 Å². The normalized spacial score (nSPS) is 26.0. The fraction of sp³-hybridized carbons (Fsp3) is 0.684. The third-order valence-corrected chi connectivity index (χ3v) is 6.06. The van der Waals surface area contributed by atoms with E-state index in [1.54, 1.807) is 0 Å². The Balaban J connectivity index is 1.92. The van der Waals surface area contributed by atoms with Crippen LogP contribution in [0.1, 0.15) is 57.1 Å². The molecule has 0 aromatic heterocycles. The van der Waals surface area contributed by atoms with Crippen molar-refractivity contribution in [3.63, 3.8) is 0 Å². The van der Waals surface area contributed by atoms with Gasteiger partial charge in [-0.25, -0.2) is 0 Å². The summed E-state index contributed by atoms with van der Waals surface area (Å²) in [4.78, 5) is 0. The van der Waals surface area contributed by atoms with E-state index in [1.165, 1.54) is 43.2 Å². The highest BCUT2D eigenvalue weighted by atomic mass is 32.2. The van der Waals surface area contributed by atoms with Crippen LogP contribution in [0.3, 0.4) is 0 Å². The lowest BCUT2D eigenvalue weighted by atomic mass is 9.83. The maximum Gasteiger partial charge on any atom is 0.0207 e. The highest BCUT2D eigenvalue weighted by Crippen LogP contribution is 2.36. The Morgan fingerprint density at radius 1 is 1.24 bits per heavy atom. The maximum absolute atomic E-state index is 3.72. The first-order valence-corrected chi connectivity index (χ1v) is 9.68. The van der Waals surface area contributed by atoms with E-state index >= 15 is 0 Å². The summed E-state index contributed by atoms with van der Waals surface area (Å²) in [7, 11) is 0. The number of benzene rings is 1. The molecule has 0 saturated heterocycles. The van der Waals surface area contributed by atoms with E-state index in [0.717, 1.165) is 29.5 Å². The molecular formula is C19H31NS. The maximum atomic E-state index is 3.72. The van der Waals surface area contributed by atoms with Crippen LogP contribution >= 0.6 is 11.8 Å². The zero-order chi connectivity index (χ0) is 15.1. The molecular weight excluding hydrogens is 274 g/mol. The van der Waals surface area contributed by atoms with Gasteiger partial charge in [0.05, 0.1) is 0 Å². The summed E-state index contributed by atoms with van der Waals surface area (Å²) in [6, 6.07) is 9.70. The van der Waals surface area contributed by atoms with Crippen molar-refractivity contribution in [3.8, 4) is 0 Å². The van der Waals surface area contributed by atoms with Crippen molar-refractivity contribution in [1.29, 1.82) is 0 Å². The van der Waals surface area contributed by atoms with Gasteiger partial charge in [0.2, 0.25) is 0 Å². The Kier molecular flexibility index (Phi) is 7.12. The Hall–Kier alpha value is -0.470. The van der Waals surface area contributed by atoms with Gasteiger partial charge < -0.3 is 5.32 Å². The quantitative estimate of drug-likeness (QED) is 0.745. The van der Waals surface area contributed by atoms with Crippen LogP contribution in [0.25, 0.3) is 0 Å². The average Bonchev–Trinajstić information content (AvgIpc) is 2.48. The lowest BCUT2D eigenvalue weighted by molar-refractivity contribution is 0.289. The molecule has 3 unspecified atom stereocenters. The molecule has 118 valence electrons. The van der Waals surface area contributed by atoms with E-state index in [9.17, 15) is 0 Å². The van der Waals surface area contributed by atoms with Gasteiger partial charge >= 0.3 is 0 Å². The van der Waals surface area contributed by atoms with Gasteiger partial charge in [-0.3, -0.25) is 0 Å². The summed E-state index contributed by atoms with van der Waals surface area (Å²) in [5, 5.41) is 4.51. The van der Waals surface area contributed by atoms with Crippen LogP contribution in [0.4, 0.5) is 0 Å². The monoisotopic (exact) mass is 305 g/mol.